The van der Waals surface area contributed by atoms with Gasteiger partial charge in [0.05, 0.1) is 10.8 Å². The third-order valence-electron chi connectivity index (χ3n) is 3.00. The molecule has 0 saturated heterocycles. The van der Waals surface area contributed by atoms with Gasteiger partial charge >= 0.3 is 5.97 Å². The highest BCUT2D eigenvalue weighted by Crippen LogP contribution is 2.25. The molecule has 1 fully saturated rings. The Morgan fingerprint density at radius 1 is 1.33 bits per heavy atom. The average molecular weight is 270 g/mol. The summed E-state index contributed by atoms with van der Waals surface area (Å²) in [5.41, 5.74) is 0.0267. The maximum absolute atomic E-state index is 12.0. The first-order valence-electron chi connectivity index (χ1n) is 5.70. The molecule has 1 aromatic rings. The summed E-state index contributed by atoms with van der Waals surface area (Å²) < 4.78 is 26.3. The Balaban J connectivity index is 2.11. The van der Waals surface area contributed by atoms with Crippen LogP contribution in [0.15, 0.2) is 18.3 Å². The normalized spacial score (nSPS) is 16.7. The van der Waals surface area contributed by atoms with Crippen LogP contribution in [0.5, 0.6) is 0 Å². The summed E-state index contributed by atoms with van der Waals surface area (Å²) >= 11 is 0. The van der Waals surface area contributed by atoms with Crippen molar-refractivity contribution in [3.63, 3.8) is 0 Å². The molecule has 0 bridgehead atoms. The summed E-state index contributed by atoms with van der Waals surface area (Å²) in [5, 5.41) is 8.34. The Bertz CT molecular complexity index is 533. The second-order valence-corrected chi connectivity index (χ2v) is 6.25. The highest BCUT2D eigenvalue weighted by Gasteiger charge is 2.28. The molecule has 0 aliphatic heterocycles. The molecule has 1 aromatic heterocycles. The van der Waals surface area contributed by atoms with Crippen LogP contribution in [-0.4, -0.2) is 29.7 Å². The summed E-state index contributed by atoms with van der Waals surface area (Å²) in [6.45, 7) is 0. The zero-order valence-electron chi connectivity index (χ0n) is 9.67. The standard InChI is InChI=1S/C11H14N2O4S/c14-11(15)8-5-6-10(12-7-8)13-18(16,17)9-3-1-2-4-9/h5-7,9H,1-4H2,(H,12,13)(H,14,15). The van der Waals surface area contributed by atoms with Crippen LogP contribution >= 0.6 is 0 Å². The fourth-order valence-electron chi connectivity index (χ4n) is 2.01. The first-order valence-corrected chi connectivity index (χ1v) is 7.24. The summed E-state index contributed by atoms with van der Waals surface area (Å²) in [5.74, 6) is -0.931. The van der Waals surface area contributed by atoms with Crippen molar-refractivity contribution < 1.29 is 18.3 Å². The summed E-state index contributed by atoms with van der Waals surface area (Å²) in [7, 11) is -3.41. The van der Waals surface area contributed by atoms with Gasteiger partial charge in [-0.05, 0) is 25.0 Å². The number of carboxylic acid groups (broad SMARTS) is 1. The van der Waals surface area contributed by atoms with Gasteiger partial charge in [0, 0.05) is 6.20 Å². The number of aromatic carboxylic acids is 1. The van der Waals surface area contributed by atoms with Gasteiger partial charge in [0.25, 0.3) is 0 Å². The lowest BCUT2D eigenvalue weighted by Gasteiger charge is -2.12. The fraction of sp³-hybridized carbons (Fsp3) is 0.455. The minimum absolute atomic E-state index is 0.0267. The number of sulfonamides is 1. The van der Waals surface area contributed by atoms with E-state index in [2.05, 4.69) is 9.71 Å². The van der Waals surface area contributed by atoms with Gasteiger partial charge < -0.3 is 5.11 Å². The molecule has 18 heavy (non-hydrogen) atoms. The molecule has 98 valence electrons. The Morgan fingerprint density at radius 3 is 2.50 bits per heavy atom. The molecule has 2 rings (SSSR count). The molecule has 7 heteroatoms. The van der Waals surface area contributed by atoms with Crippen molar-refractivity contribution in [3.05, 3.63) is 23.9 Å². The maximum Gasteiger partial charge on any atom is 0.337 e. The van der Waals surface area contributed by atoms with Crippen molar-refractivity contribution in [3.8, 4) is 0 Å². The van der Waals surface area contributed by atoms with Gasteiger partial charge in [0.15, 0.2) is 0 Å². The van der Waals surface area contributed by atoms with Crippen LogP contribution in [0.4, 0.5) is 5.82 Å². The molecular weight excluding hydrogens is 256 g/mol. The SMILES string of the molecule is O=C(O)c1ccc(NS(=O)(=O)C2CCCC2)nc1. The molecule has 0 aromatic carbocycles. The van der Waals surface area contributed by atoms with Gasteiger partial charge in [0.1, 0.15) is 5.82 Å². The van der Waals surface area contributed by atoms with Crippen LogP contribution in [0.2, 0.25) is 0 Å². The van der Waals surface area contributed by atoms with Crippen LogP contribution in [0.25, 0.3) is 0 Å². The smallest absolute Gasteiger partial charge is 0.337 e. The van der Waals surface area contributed by atoms with Crippen LogP contribution in [0, 0.1) is 0 Å². The van der Waals surface area contributed by atoms with Crippen molar-refractivity contribution in [1.29, 1.82) is 0 Å². The Hall–Kier alpha value is -1.63. The average Bonchev–Trinajstić information content (AvgIpc) is 2.83. The third kappa shape index (κ3) is 2.79. The molecule has 6 nitrogen and oxygen atoms in total. The number of aromatic nitrogens is 1. The van der Waals surface area contributed by atoms with Gasteiger partial charge in [-0.3, -0.25) is 4.72 Å². The zero-order chi connectivity index (χ0) is 13.2. The van der Waals surface area contributed by atoms with Crippen LogP contribution in [-0.2, 0) is 10.0 Å². The molecule has 1 aliphatic rings. The number of carboxylic acids is 1. The van der Waals surface area contributed by atoms with E-state index in [9.17, 15) is 13.2 Å². The molecule has 0 radical (unpaired) electrons. The molecule has 2 N–H and O–H groups in total. The minimum atomic E-state index is -3.41. The number of anilines is 1. The fourth-order valence-corrected chi connectivity index (χ4v) is 3.54. The van der Waals surface area contributed by atoms with Crippen molar-refractivity contribution in [2.45, 2.75) is 30.9 Å². The van der Waals surface area contributed by atoms with E-state index < -0.39 is 16.0 Å². The van der Waals surface area contributed by atoms with Crippen molar-refractivity contribution in [2.75, 3.05) is 4.72 Å². The third-order valence-corrected chi connectivity index (χ3v) is 4.84. The van der Waals surface area contributed by atoms with Gasteiger partial charge in [0.2, 0.25) is 10.0 Å². The maximum atomic E-state index is 12.0. The largest absolute Gasteiger partial charge is 0.478 e. The predicted octanol–water partition coefficient (Wildman–Crippen LogP) is 1.46. The minimum Gasteiger partial charge on any atom is -0.478 e. The zero-order valence-corrected chi connectivity index (χ0v) is 10.5. The molecular formula is C11H14N2O4S. The lowest BCUT2D eigenvalue weighted by molar-refractivity contribution is 0.0696. The van der Waals surface area contributed by atoms with Gasteiger partial charge in [-0.15, -0.1) is 0 Å². The molecule has 0 atom stereocenters. The molecule has 0 unspecified atom stereocenters. The Morgan fingerprint density at radius 2 is 2.00 bits per heavy atom. The monoisotopic (exact) mass is 270 g/mol. The number of nitrogens with zero attached hydrogens (tertiary/aromatic N) is 1. The van der Waals surface area contributed by atoms with Crippen LogP contribution in [0.1, 0.15) is 36.0 Å². The second-order valence-electron chi connectivity index (χ2n) is 4.29. The summed E-state index contributed by atoms with van der Waals surface area (Å²) in [6.07, 6.45) is 4.33. The van der Waals surface area contributed by atoms with Crippen LogP contribution in [0.3, 0.4) is 0 Å². The number of hydrogen-bond acceptors (Lipinski definition) is 4. The van der Waals surface area contributed by atoms with E-state index in [0.29, 0.717) is 12.8 Å². The number of carbonyl (C=O) groups is 1. The molecule has 0 amide bonds. The van der Waals surface area contributed by atoms with Gasteiger partial charge in [-0.2, -0.15) is 0 Å². The van der Waals surface area contributed by atoms with Gasteiger partial charge in [-0.1, -0.05) is 12.8 Å². The second kappa shape index (κ2) is 4.93. The van der Waals surface area contributed by atoms with E-state index in [4.69, 9.17) is 5.11 Å². The number of hydrogen-bond donors (Lipinski definition) is 2. The number of nitrogens with one attached hydrogen (secondary N) is 1. The first kappa shape index (κ1) is 12.8. The van der Waals surface area contributed by atoms with Crippen molar-refractivity contribution >= 4 is 21.8 Å². The van der Waals surface area contributed by atoms with E-state index >= 15 is 0 Å². The molecule has 0 spiro atoms. The lowest BCUT2D eigenvalue weighted by atomic mass is 10.3. The number of pyridine rings is 1. The predicted molar refractivity (Wildman–Crippen MR) is 66.0 cm³/mol. The number of rotatable bonds is 4. The van der Waals surface area contributed by atoms with E-state index in [-0.39, 0.29) is 16.6 Å². The highest BCUT2D eigenvalue weighted by molar-refractivity contribution is 7.93. The van der Waals surface area contributed by atoms with E-state index in [1.807, 2.05) is 0 Å². The molecule has 1 saturated carbocycles. The highest BCUT2D eigenvalue weighted by atomic mass is 32.2. The lowest BCUT2D eigenvalue weighted by Crippen LogP contribution is -2.25. The quantitative estimate of drug-likeness (QED) is 0.863. The summed E-state index contributed by atoms with van der Waals surface area (Å²) in [4.78, 5) is 14.4. The van der Waals surface area contributed by atoms with Crippen molar-refractivity contribution in [2.24, 2.45) is 0 Å². The molecule has 1 heterocycles. The Labute approximate surface area is 105 Å². The van der Waals surface area contributed by atoms with E-state index in [1.165, 1.54) is 12.1 Å². The van der Waals surface area contributed by atoms with Gasteiger partial charge in [-0.25, -0.2) is 18.2 Å². The van der Waals surface area contributed by atoms with E-state index in [1.54, 1.807) is 0 Å². The molecule has 1 aliphatic carbocycles. The topological polar surface area (TPSA) is 96.4 Å². The summed E-state index contributed by atoms with van der Waals surface area (Å²) in [6, 6.07) is 2.68. The Kier molecular flexibility index (Phi) is 3.51. The van der Waals surface area contributed by atoms with Crippen molar-refractivity contribution in [1.82, 2.24) is 4.98 Å². The first-order chi connectivity index (χ1) is 8.49. The van der Waals surface area contributed by atoms with Crippen LogP contribution < -0.4 is 4.72 Å². The van der Waals surface area contributed by atoms with E-state index in [0.717, 1.165) is 19.0 Å².